The van der Waals surface area contributed by atoms with Crippen molar-refractivity contribution in [1.82, 2.24) is 3.97 Å². The Morgan fingerprint density at radius 1 is 0.643 bits per heavy atom. The fraction of sp³-hybridized carbons (Fsp3) is 0.0476. The second kappa shape index (κ2) is 6.92. The van der Waals surface area contributed by atoms with Gasteiger partial charge in [0.05, 0.1) is 21.1 Å². The molecule has 0 aliphatic heterocycles. The zero-order valence-corrected chi connectivity index (χ0v) is 16.4. The fourth-order valence-corrected chi connectivity index (χ4v) is 5.93. The van der Waals surface area contributed by atoms with Gasteiger partial charge in [-0.15, -0.1) is 0 Å². The molecule has 1 aromatic heterocycles. The Morgan fingerprint density at radius 2 is 1.25 bits per heavy atom. The van der Waals surface area contributed by atoms with Crippen molar-refractivity contribution in [3.05, 3.63) is 96.7 Å². The number of hydrogen-bond donors (Lipinski definition) is 0. The van der Waals surface area contributed by atoms with Gasteiger partial charge in [0, 0.05) is 11.6 Å². The first-order valence-corrected chi connectivity index (χ1v) is 11.7. The van der Waals surface area contributed by atoms with Gasteiger partial charge in [-0.3, -0.25) is 0 Å². The standard InChI is InChI=1S/C21H17NO4S2/c23-27(24,18-9-3-1-4-10-18)16-17-8-7-13-21-20(17)14-15-22(21)28(25,26)19-11-5-2-6-12-19/h1-15H,16H2. The van der Waals surface area contributed by atoms with Crippen LogP contribution in [0.1, 0.15) is 5.56 Å². The molecule has 28 heavy (non-hydrogen) atoms. The van der Waals surface area contributed by atoms with E-state index in [0.717, 1.165) is 0 Å². The van der Waals surface area contributed by atoms with E-state index in [1.165, 1.54) is 22.3 Å². The Balaban J connectivity index is 1.80. The largest absolute Gasteiger partial charge is 0.268 e. The Labute approximate surface area is 163 Å². The lowest BCUT2D eigenvalue weighted by Gasteiger charge is -2.09. The third kappa shape index (κ3) is 3.23. The summed E-state index contributed by atoms with van der Waals surface area (Å²) in [6.45, 7) is 0. The molecule has 0 fully saturated rings. The Hall–Kier alpha value is -2.90. The maximum atomic E-state index is 13.0. The van der Waals surface area contributed by atoms with Crippen LogP contribution in [0, 0.1) is 0 Å². The van der Waals surface area contributed by atoms with Gasteiger partial charge in [0.15, 0.2) is 9.84 Å². The molecule has 3 aromatic carbocycles. The number of rotatable bonds is 5. The molecule has 0 unspecified atom stereocenters. The molecule has 0 radical (unpaired) electrons. The summed E-state index contributed by atoms with van der Waals surface area (Å²) in [5, 5.41) is 0.599. The van der Waals surface area contributed by atoms with Crippen LogP contribution in [0.5, 0.6) is 0 Å². The maximum absolute atomic E-state index is 13.0. The first-order valence-electron chi connectivity index (χ1n) is 8.57. The van der Waals surface area contributed by atoms with Crippen molar-refractivity contribution in [3.63, 3.8) is 0 Å². The summed E-state index contributed by atoms with van der Waals surface area (Å²) < 4.78 is 52.6. The van der Waals surface area contributed by atoms with Crippen LogP contribution in [-0.2, 0) is 25.6 Å². The number of hydrogen-bond acceptors (Lipinski definition) is 4. The second-order valence-electron chi connectivity index (χ2n) is 6.35. The van der Waals surface area contributed by atoms with Crippen LogP contribution in [-0.4, -0.2) is 20.8 Å². The third-order valence-electron chi connectivity index (χ3n) is 4.54. The number of benzene rings is 3. The van der Waals surface area contributed by atoms with E-state index in [4.69, 9.17) is 0 Å². The van der Waals surface area contributed by atoms with E-state index in [9.17, 15) is 16.8 Å². The highest BCUT2D eigenvalue weighted by Crippen LogP contribution is 2.27. The molecule has 0 aliphatic carbocycles. The van der Waals surface area contributed by atoms with Gasteiger partial charge in [0.2, 0.25) is 0 Å². The molecule has 142 valence electrons. The average Bonchev–Trinajstić information content (AvgIpc) is 3.15. The van der Waals surface area contributed by atoms with Crippen LogP contribution in [0.4, 0.5) is 0 Å². The van der Waals surface area contributed by atoms with Crippen LogP contribution in [0.25, 0.3) is 10.9 Å². The van der Waals surface area contributed by atoms with Gasteiger partial charge in [-0.25, -0.2) is 20.8 Å². The number of aromatic nitrogens is 1. The minimum atomic E-state index is -3.77. The zero-order valence-electron chi connectivity index (χ0n) is 14.8. The quantitative estimate of drug-likeness (QED) is 0.500. The van der Waals surface area contributed by atoms with E-state index in [1.807, 2.05) is 0 Å². The van der Waals surface area contributed by atoms with Gasteiger partial charge in [0.25, 0.3) is 10.0 Å². The molecule has 0 atom stereocenters. The number of fused-ring (bicyclic) bond motifs is 1. The van der Waals surface area contributed by atoms with Gasteiger partial charge < -0.3 is 0 Å². The van der Waals surface area contributed by atoms with Crippen LogP contribution in [0.15, 0.2) is 101 Å². The highest BCUT2D eigenvalue weighted by molar-refractivity contribution is 7.90. The molecule has 0 amide bonds. The van der Waals surface area contributed by atoms with Crippen molar-refractivity contribution in [3.8, 4) is 0 Å². The van der Waals surface area contributed by atoms with Crippen molar-refractivity contribution in [2.24, 2.45) is 0 Å². The molecule has 0 N–H and O–H groups in total. The summed E-state index contributed by atoms with van der Waals surface area (Å²) in [6, 6.07) is 23.1. The van der Waals surface area contributed by atoms with Gasteiger partial charge in [-0.05, 0) is 42.0 Å². The highest BCUT2D eigenvalue weighted by Gasteiger charge is 2.21. The number of nitrogens with zero attached hydrogens (tertiary/aromatic N) is 1. The Morgan fingerprint density at radius 3 is 1.89 bits per heavy atom. The monoisotopic (exact) mass is 411 g/mol. The van der Waals surface area contributed by atoms with Gasteiger partial charge in [-0.1, -0.05) is 48.5 Å². The maximum Gasteiger partial charge on any atom is 0.268 e. The first kappa shape index (κ1) is 18.5. The predicted octanol–water partition coefficient (Wildman–Crippen LogP) is 3.85. The van der Waals surface area contributed by atoms with Crippen molar-refractivity contribution >= 4 is 30.8 Å². The predicted molar refractivity (Wildman–Crippen MR) is 108 cm³/mol. The second-order valence-corrected chi connectivity index (χ2v) is 10.2. The van der Waals surface area contributed by atoms with Crippen molar-refractivity contribution in [2.45, 2.75) is 15.5 Å². The molecule has 1 heterocycles. The molecule has 0 aliphatic rings. The first-order chi connectivity index (χ1) is 13.4. The van der Waals surface area contributed by atoms with Crippen LogP contribution in [0.2, 0.25) is 0 Å². The summed E-state index contributed by atoms with van der Waals surface area (Å²) in [5.41, 5.74) is 1.01. The summed E-state index contributed by atoms with van der Waals surface area (Å²) in [5.74, 6) is -0.205. The van der Waals surface area contributed by atoms with Crippen molar-refractivity contribution in [2.75, 3.05) is 0 Å². The molecule has 4 aromatic rings. The molecule has 0 saturated carbocycles. The smallest absolute Gasteiger partial charge is 0.241 e. The normalized spacial score (nSPS) is 12.3. The van der Waals surface area contributed by atoms with Crippen LogP contribution < -0.4 is 0 Å². The average molecular weight is 412 g/mol. The molecular formula is C21H17NO4S2. The topological polar surface area (TPSA) is 73.2 Å². The van der Waals surface area contributed by atoms with Crippen molar-refractivity contribution in [1.29, 1.82) is 0 Å². The van der Waals surface area contributed by atoms with E-state index in [-0.39, 0.29) is 15.5 Å². The summed E-state index contributed by atoms with van der Waals surface area (Å²) in [7, 11) is -7.31. The lowest BCUT2D eigenvalue weighted by atomic mass is 10.1. The molecule has 7 heteroatoms. The van der Waals surface area contributed by atoms with E-state index < -0.39 is 19.9 Å². The zero-order chi connectivity index (χ0) is 19.8. The minimum absolute atomic E-state index is 0.176. The van der Waals surface area contributed by atoms with Crippen molar-refractivity contribution < 1.29 is 16.8 Å². The molecule has 0 bridgehead atoms. The molecule has 0 spiro atoms. The third-order valence-corrected chi connectivity index (χ3v) is 7.92. The van der Waals surface area contributed by atoms with Crippen LogP contribution >= 0.6 is 0 Å². The molecule has 0 saturated heterocycles. The lowest BCUT2D eigenvalue weighted by molar-refractivity contribution is 0.589. The van der Waals surface area contributed by atoms with E-state index >= 15 is 0 Å². The van der Waals surface area contributed by atoms with Gasteiger partial charge >= 0.3 is 0 Å². The fourth-order valence-electron chi connectivity index (χ4n) is 3.16. The minimum Gasteiger partial charge on any atom is -0.241 e. The molecule has 5 nitrogen and oxygen atoms in total. The number of sulfone groups is 1. The lowest BCUT2D eigenvalue weighted by Crippen LogP contribution is -2.11. The van der Waals surface area contributed by atoms with E-state index in [1.54, 1.807) is 72.8 Å². The summed E-state index contributed by atoms with van der Waals surface area (Å²) >= 11 is 0. The Bertz CT molecular complexity index is 1340. The van der Waals surface area contributed by atoms with Crippen LogP contribution in [0.3, 0.4) is 0 Å². The Kier molecular flexibility index (Phi) is 4.56. The van der Waals surface area contributed by atoms with E-state index in [0.29, 0.717) is 16.5 Å². The van der Waals surface area contributed by atoms with Gasteiger partial charge in [0.1, 0.15) is 0 Å². The molecular weight excluding hydrogens is 394 g/mol. The molecule has 4 rings (SSSR count). The van der Waals surface area contributed by atoms with E-state index in [2.05, 4.69) is 0 Å². The summed E-state index contributed by atoms with van der Waals surface area (Å²) in [6.07, 6.45) is 1.46. The SMILES string of the molecule is O=S(=O)(Cc1cccc2c1ccn2S(=O)(=O)c1ccccc1)c1ccccc1. The highest BCUT2D eigenvalue weighted by atomic mass is 32.2. The van der Waals surface area contributed by atoms with Gasteiger partial charge in [-0.2, -0.15) is 0 Å². The summed E-state index contributed by atoms with van der Waals surface area (Å²) in [4.78, 5) is 0.415.